The fourth-order valence-corrected chi connectivity index (χ4v) is 3.97. The van der Waals surface area contributed by atoms with Crippen LogP contribution in [0.5, 0.6) is 11.6 Å². The third-order valence-electron chi connectivity index (χ3n) is 5.40. The molecule has 2 aromatic heterocycles. The molecule has 5 rings (SSSR count). The molecule has 2 unspecified atom stereocenters. The molecule has 0 saturated carbocycles. The van der Waals surface area contributed by atoms with E-state index >= 15 is 0 Å². The van der Waals surface area contributed by atoms with Gasteiger partial charge in [-0.15, -0.1) is 20.4 Å². The Morgan fingerprint density at radius 1 is 1.14 bits per heavy atom. The minimum absolute atomic E-state index is 0.0220. The maximum atomic E-state index is 14.5. The number of nitrogens with one attached hydrogen (secondary N) is 1. The lowest BCUT2D eigenvalue weighted by molar-refractivity contribution is 0.0422. The smallest absolute Gasteiger partial charge is 0.250 e. The van der Waals surface area contributed by atoms with Crippen LogP contribution in [-0.4, -0.2) is 49.9 Å². The van der Waals surface area contributed by atoms with Crippen LogP contribution in [0.15, 0.2) is 35.1 Å². The van der Waals surface area contributed by atoms with Crippen molar-refractivity contribution in [3.8, 4) is 34.3 Å². The lowest BCUT2D eigenvalue weighted by atomic mass is 10.0. The average molecular weight is 401 g/mol. The van der Waals surface area contributed by atoms with Crippen LogP contribution in [0.2, 0.25) is 0 Å². The van der Waals surface area contributed by atoms with Crippen LogP contribution in [-0.2, 0) is 0 Å². The number of aromatic nitrogens is 4. The minimum Gasteiger partial charge on any atom is -0.507 e. The minimum atomic E-state index is -1.11. The largest absolute Gasteiger partial charge is 0.507 e. The van der Waals surface area contributed by atoms with Crippen LogP contribution in [0.25, 0.3) is 22.7 Å². The number of hydrogen-bond donors (Lipinski definition) is 2. The van der Waals surface area contributed by atoms with Gasteiger partial charge in [-0.1, -0.05) is 0 Å². The zero-order valence-electron chi connectivity index (χ0n) is 15.1. The van der Waals surface area contributed by atoms with Crippen molar-refractivity contribution in [2.75, 3.05) is 0 Å². The number of ether oxygens (including phenoxy) is 1. The lowest BCUT2D eigenvalue weighted by Crippen LogP contribution is -2.51. The van der Waals surface area contributed by atoms with Crippen molar-refractivity contribution in [2.24, 2.45) is 0 Å². The molecule has 4 atom stereocenters. The summed E-state index contributed by atoms with van der Waals surface area (Å²) in [6, 6.07) is 5.45. The summed E-state index contributed by atoms with van der Waals surface area (Å²) in [7, 11) is 0. The quantitative estimate of drug-likeness (QED) is 0.687. The van der Waals surface area contributed by atoms with Gasteiger partial charge in [0.15, 0.2) is 6.17 Å². The predicted octanol–water partition coefficient (Wildman–Crippen LogP) is 2.65. The number of benzene rings is 1. The molecule has 4 heterocycles. The second kappa shape index (κ2) is 7.03. The summed E-state index contributed by atoms with van der Waals surface area (Å²) in [5.41, 5.74) is 0.368. The normalized spacial score (nSPS) is 25.9. The Hall–Kier alpha value is -3.14. The predicted molar refractivity (Wildman–Crippen MR) is 96.3 cm³/mol. The van der Waals surface area contributed by atoms with Gasteiger partial charge in [0.1, 0.15) is 17.7 Å². The SMILES string of the molecule is Oc1cc(-c2nnco2)c(F)cc1-c1ccc(O[C@@H]2CC3CCC(N3)[C@@H]2F)nn1. The number of fused-ring (bicyclic) bond motifs is 2. The number of aromatic hydroxyl groups is 1. The number of phenols is 1. The van der Waals surface area contributed by atoms with E-state index in [1.807, 2.05) is 0 Å². The number of rotatable bonds is 4. The summed E-state index contributed by atoms with van der Waals surface area (Å²) in [5.74, 6) is -0.739. The number of nitrogens with zero attached hydrogens (tertiary/aromatic N) is 4. The summed E-state index contributed by atoms with van der Waals surface area (Å²) in [6.45, 7) is 0. The third kappa shape index (κ3) is 3.29. The maximum absolute atomic E-state index is 14.5. The highest BCUT2D eigenvalue weighted by Crippen LogP contribution is 2.35. The molecule has 0 radical (unpaired) electrons. The molecule has 10 heteroatoms. The van der Waals surface area contributed by atoms with Gasteiger partial charge in [-0.3, -0.25) is 0 Å². The molecule has 0 amide bonds. The van der Waals surface area contributed by atoms with Gasteiger partial charge in [-0.05, 0) is 31.0 Å². The number of hydrogen-bond acceptors (Lipinski definition) is 8. The summed E-state index contributed by atoms with van der Waals surface area (Å²) >= 11 is 0. The highest BCUT2D eigenvalue weighted by Gasteiger charge is 2.43. The molecule has 3 aromatic rings. The standard InChI is InChI=1S/C19H17F2N5O3/c20-12-6-11(15(27)7-10(12)19-26-22-8-28-19)13-3-4-17(25-24-13)29-16-5-9-1-2-14(23-9)18(16)21/h3-4,6-9,14,16,18,23,27H,1-2,5H2/t9?,14?,16-,18+/m1/s1. The van der Waals surface area contributed by atoms with Crippen LogP contribution in [0, 0.1) is 5.82 Å². The summed E-state index contributed by atoms with van der Waals surface area (Å²) in [6.07, 6.45) is 1.71. The van der Waals surface area contributed by atoms with Crippen LogP contribution in [0.3, 0.4) is 0 Å². The summed E-state index contributed by atoms with van der Waals surface area (Å²) < 4.78 is 39.6. The fraction of sp³-hybridized carbons (Fsp3) is 0.368. The molecule has 2 N–H and O–H groups in total. The van der Waals surface area contributed by atoms with Gasteiger partial charge >= 0.3 is 0 Å². The zero-order valence-corrected chi connectivity index (χ0v) is 15.1. The molecule has 8 nitrogen and oxygen atoms in total. The fourth-order valence-electron chi connectivity index (χ4n) is 3.97. The lowest BCUT2D eigenvalue weighted by Gasteiger charge is -2.32. The Balaban J connectivity index is 1.36. The van der Waals surface area contributed by atoms with Crippen molar-refractivity contribution >= 4 is 0 Å². The van der Waals surface area contributed by atoms with Crippen LogP contribution in [0.1, 0.15) is 19.3 Å². The molecule has 2 fully saturated rings. The first-order valence-corrected chi connectivity index (χ1v) is 9.28. The van der Waals surface area contributed by atoms with E-state index in [0.717, 1.165) is 25.3 Å². The maximum Gasteiger partial charge on any atom is 0.250 e. The Bertz CT molecular complexity index is 1020. The molecule has 150 valence electrons. The van der Waals surface area contributed by atoms with Gasteiger partial charge in [-0.25, -0.2) is 8.78 Å². The van der Waals surface area contributed by atoms with Crippen molar-refractivity contribution in [1.29, 1.82) is 0 Å². The van der Waals surface area contributed by atoms with Gasteiger partial charge in [0.25, 0.3) is 5.89 Å². The average Bonchev–Trinajstić information content (AvgIpc) is 3.39. The Labute approximate surface area is 163 Å². The molecular weight excluding hydrogens is 384 g/mol. The topological polar surface area (TPSA) is 106 Å². The Morgan fingerprint density at radius 2 is 2.03 bits per heavy atom. The van der Waals surface area contributed by atoms with E-state index in [9.17, 15) is 13.9 Å². The van der Waals surface area contributed by atoms with Gasteiger partial charge in [0.2, 0.25) is 12.3 Å². The summed E-state index contributed by atoms with van der Waals surface area (Å²) in [5, 5.41) is 28.6. The van der Waals surface area contributed by atoms with Gasteiger partial charge in [0.05, 0.1) is 11.3 Å². The second-order valence-electron chi connectivity index (χ2n) is 7.23. The van der Waals surface area contributed by atoms with Crippen LogP contribution in [0.4, 0.5) is 8.78 Å². The molecule has 2 saturated heterocycles. The van der Waals surface area contributed by atoms with Crippen LogP contribution >= 0.6 is 0 Å². The van der Waals surface area contributed by atoms with Crippen molar-refractivity contribution in [1.82, 2.24) is 25.7 Å². The highest BCUT2D eigenvalue weighted by atomic mass is 19.1. The van der Waals surface area contributed by atoms with Crippen molar-refractivity contribution in [2.45, 2.75) is 43.6 Å². The van der Waals surface area contributed by atoms with E-state index in [4.69, 9.17) is 9.15 Å². The molecular formula is C19H17F2N5O3. The van der Waals surface area contributed by atoms with Crippen molar-refractivity contribution < 1.29 is 23.0 Å². The zero-order chi connectivity index (χ0) is 20.0. The monoisotopic (exact) mass is 401 g/mol. The first-order chi connectivity index (χ1) is 14.1. The van der Waals surface area contributed by atoms with E-state index in [-0.39, 0.29) is 46.4 Å². The van der Waals surface area contributed by atoms with Crippen molar-refractivity contribution in [3.05, 3.63) is 36.5 Å². The number of alkyl halides is 1. The van der Waals surface area contributed by atoms with Gasteiger partial charge in [0, 0.05) is 30.1 Å². The molecule has 2 bridgehead atoms. The van der Waals surface area contributed by atoms with Crippen LogP contribution < -0.4 is 10.1 Å². The number of phenolic OH excluding ortho intramolecular Hbond substituents is 1. The molecule has 29 heavy (non-hydrogen) atoms. The highest BCUT2D eigenvalue weighted by molar-refractivity contribution is 5.71. The Kier molecular flexibility index (Phi) is 4.35. The molecule has 2 aliphatic rings. The number of halogens is 2. The first-order valence-electron chi connectivity index (χ1n) is 9.28. The first kappa shape index (κ1) is 17.9. The van der Waals surface area contributed by atoms with E-state index in [0.29, 0.717) is 6.42 Å². The second-order valence-corrected chi connectivity index (χ2v) is 7.23. The van der Waals surface area contributed by atoms with E-state index in [2.05, 4.69) is 25.7 Å². The molecule has 1 aromatic carbocycles. The van der Waals surface area contributed by atoms with Gasteiger partial charge in [-0.2, -0.15) is 0 Å². The third-order valence-corrected chi connectivity index (χ3v) is 5.40. The molecule has 0 aliphatic carbocycles. The Morgan fingerprint density at radius 3 is 2.79 bits per heavy atom. The number of piperidine rings is 1. The molecule has 0 spiro atoms. The summed E-state index contributed by atoms with van der Waals surface area (Å²) in [4.78, 5) is 0. The van der Waals surface area contributed by atoms with E-state index in [1.165, 1.54) is 18.2 Å². The molecule has 2 aliphatic heterocycles. The van der Waals surface area contributed by atoms with E-state index < -0.39 is 18.1 Å². The van der Waals surface area contributed by atoms with Crippen molar-refractivity contribution in [3.63, 3.8) is 0 Å². The van der Waals surface area contributed by atoms with Gasteiger partial charge < -0.3 is 19.6 Å². The van der Waals surface area contributed by atoms with E-state index in [1.54, 1.807) is 0 Å².